The summed E-state index contributed by atoms with van der Waals surface area (Å²) in [6.07, 6.45) is 14.8. The Labute approximate surface area is 263 Å². The van der Waals surface area contributed by atoms with Crippen LogP contribution in [0.15, 0.2) is 30.4 Å². The smallest absolute Gasteiger partial charge is 0.323 e. The van der Waals surface area contributed by atoms with Crippen LogP contribution in [0.5, 0.6) is 5.75 Å². The number of fused-ring (bicyclic) bond motifs is 5. The number of aryl methyl sites for hydroxylation is 1. The van der Waals surface area contributed by atoms with Crippen LogP contribution in [0.4, 0.5) is 0 Å². The van der Waals surface area contributed by atoms with Crippen LogP contribution in [-0.4, -0.2) is 60.1 Å². The van der Waals surface area contributed by atoms with Crippen molar-refractivity contribution in [1.29, 1.82) is 0 Å². The second-order valence-electron chi connectivity index (χ2n) is 14.8. The minimum atomic E-state index is -0.683. The highest BCUT2D eigenvalue weighted by atomic mass is 16.6. The van der Waals surface area contributed by atoms with Crippen LogP contribution in [0.1, 0.15) is 109 Å². The lowest BCUT2D eigenvalue weighted by Gasteiger charge is -2.51. The molecule has 8 nitrogen and oxygen atoms in total. The first-order chi connectivity index (χ1) is 21.0. The third kappa shape index (κ3) is 7.39. The van der Waals surface area contributed by atoms with Crippen molar-refractivity contribution in [3.8, 4) is 5.75 Å². The minimum absolute atomic E-state index is 0.176. The topological polar surface area (TPSA) is 111 Å². The van der Waals surface area contributed by atoms with Crippen molar-refractivity contribution in [3.63, 3.8) is 0 Å². The van der Waals surface area contributed by atoms with Crippen LogP contribution in [0.3, 0.4) is 0 Å². The Kier molecular flexibility index (Phi) is 10.2. The number of rotatable bonds is 13. The fourth-order valence-electron chi connectivity index (χ4n) is 8.46. The molecular weight excluding hydrogens is 554 g/mol. The maximum Gasteiger partial charge on any atom is 0.323 e. The molecule has 2 amide bonds. The molecule has 4 aliphatic rings. The summed E-state index contributed by atoms with van der Waals surface area (Å²) in [6.45, 7) is 10.0. The number of amides is 2. The van der Waals surface area contributed by atoms with Gasteiger partial charge < -0.3 is 20.5 Å². The van der Waals surface area contributed by atoms with Gasteiger partial charge in [0.1, 0.15) is 17.4 Å². The number of hydrogen-bond acceptors (Lipinski definition) is 7. The molecule has 2 fully saturated rings. The average Bonchev–Trinajstić information content (AvgIpc) is 3.48. The number of carbonyl (C=O) groups is 3. The molecule has 0 radical (unpaired) electrons. The lowest BCUT2D eigenvalue weighted by Crippen LogP contribution is -2.48. The monoisotopic (exact) mass is 607 g/mol. The molecule has 0 bridgehead atoms. The van der Waals surface area contributed by atoms with Crippen LogP contribution in [-0.2, 0) is 25.5 Å². The quantitative estimate of drug-likeness (QED) is 0.175. The number of imide groups is 1. The standard InChI is InChI=1S/C36H53N3O5/c1-35(2,3)44-34(42)30(37)18-22-43-25-10-12-26-24(23-25)9-11-28-27(26)17-19-36(4)29(28)13-14-31(36)38-20-7-5-6-8-21-39-32(40)15-16-33(39)41/h10,12,15-16,23,27-31,38H,5-9,11,13-14,17-22,37H2,1-4H3/t27-,28-,29+,30?,31+,36+/m1/s1. The largest absolute Gasteiger partial charge is 0.494 e. The van der Waals surface area contributed by atoms with E-state index in [1.54, 1.807) is 0 Å². The van der Waals surface area contributed by atoms with Crippen LogP contribution in [0, 0.1) is 17.3 Å². The molecule has 0 saturated heterocycles. The van der Waals surface area contributed by atoms with Gasteiger partial charge in [0.05, 0.1) is 6.61 Å². The van der Waals surface area contributed by atoms with Crippen molar-refractivity contribution in [1.82, 2.24) is 10.2 Å². The van der Waals surface area contributed by atoms with Crippen molar-refractivity contribution >= 4 is 17.8 Å². The molecule has 0 aromatic heterocycles. The zero-order chi connectivity index (χ0) is 31.5. The van der Waals surface area contributed by atoms with E-state index in [1.165, 1.54) is 60.3 Å². The van der Waals surface area contributed by atoms with Crippen LogP contribution in [0.2, 0.25) is 0 Å². The lowest BCUT2D eigenvalue weighted by atomic mass is 9.55. The zero-order valence-electron chi connectivity index (χ0n) is 27.2. The number of nitrogens with one attached hydrogen (secondary N) is 1. The minimum Gasteiger partial charge on any atom is -0.494 e. The molecule has 1 aromatic rings. The van der Waals surface area contributed by atoms with E-state index in [4.69, 9.17) is 15.2 Å². The van der Waals surface area contributed by atoms with Crippen LogP contribution < -0.4 is 15.8 Å². The molecule has 2 saturated carbocycles. The fourth-order valence-corrected chi connectivity index (χ4v) is 8.46. The number of nitrogens with two attached hydrogens (primary N) is 1. The molecular formula is C36H53N3O5. The van der Waals surface area contributed by atoms with Gasteiger partial charge in [0.2, 0.25) is 0 Å². The predicted molar refractivity (Wildman–Crippen MR) is 171 cm³/mol. The fraction of sp³-hybridized carbons (Fsp3) is 0.694. The maximum absolute atomic E-state index is 12.2. The summed E-state index contributed by atoms with van der Waals surface area (Å²) >= 11 is 0. The Morgan fingerprint density at radius 2 is 1.82 bits per heavy atom. The molecule has 3 N–H and O–H groups in total. The van der Waals surface area contributed by atoms with E-state index in [0.717, 1.165) is 56.2 Å². The zero-order valence-corrected chi connectivity index (χ0v) is 27.2. The van der Waals surface area contributed by atoms with Crippen molar-refractivity contribution in [2.75, 3.05) is 19.7 Å². The van der Waals surface area contributed by atoms with Gasteiger partial charge in [0.25, 0.3) is 11.8 Å². The van der Waals surface area contributed by atoms with Gasteiger partial charge >= 0.3 is 5.97 Å². The van der Waals surface area contributed by atoms with E-state index < -0.39 is 11.6 Å². The summed E-state index contributed by atoms with van der Waals surface area (Å²) in [4.78, 5) is 36.9. The third-order valence-electron chi connectivity index (χ3n) is 10.7. The molecule has 0 spiro atoms. The van der Waals surface area contributed by atoms with Gasteiger partial charge in [-0.25, -0.2) is 0 Å². The molecule has 1 heterocycles. The van der Waals surface area contributed by atoms with Gasteiger partial charge in [-0.15, -0.1) is 0 Å². The normalized spacial score (nSPS) is 28.4. The molecule has 44 heavy (non-hydrogen) atoms. The summed E-state index contributed by atoms with van der Waals surface area (Å²) in [5.41, 5.74) is 8.79. The van der Waals surface area contributed by atoms with Crippen molar-refractivity contribution in [3.05, 3.63) is 41.5 Å². The Balaban J connectivity index is 1.06. The summed E-state index contributed by atoms with van der Waals surface area (Å²) < 4.78 is 11.4. The second-order valence-corrected chi connectivity index (χ2v) is 14.8. The third-order valence-corrected chi connectivity index (χ3v) is 10.7. The Morgan fingerprint density at radius 3 is 2.57 bits per heavy atom. The van der Waals surface area contributed by atoms with Gasteiger partial charge in [-0.3, -0.25) is 19.3 Å². The predicted octanol–water partition coefficient (Wildman–Crippen LogP) is 5.42. The van der Waals surface area contributed by atoms with Gasteiger partial charge in [-0.2, -0.15) is 0 Å². The number of benzene rings is 1. The number of nitrogens with zero attached hydrogens (tertiary/aromatic N) is 1. The molecule has 1 aliphatic heterocycles. The van der Waals surface area contributed by atoms with E-state index in [9.17, 15) is 14.4 Å². The summed E-state index contributed by atoms with van der Waals surface area (Å²) in [7, 11) is 0. The molecule has 242 valence electrons. The number of carbonyl (C=O) groups excluding carboxylic acids is 3. The maximum atomic E-state index is 12.2. The summed E-state index contributed by atoms with van der Waals surface area (Å²) in [6, 6.07) is 6.52. The van der Waals surface area contributed by atoms with Crippen LogP contribution in [0.25, 0.3) is 0 Å². The Hall–Kier alpha value is -2.71. The molecule has 3 aliphatic carbocycles. The van der Waals surface area contributed by atoms with Crippen molar-refractivity contribution < 1.29 is 23.9 Å². The Bertz CT molecular complexity index is 1220. The average molecular weight is 608 g/mol. The SMILES string of the molecule is CC(C)(C)OC(=O)C(N)CCOc1ccc2c(c1)CC[C@@H]1[C@@H]2CC[C@]2(C)[C@@H](NCCCCCCN3C(=O)C=CC3=O)CC[C@@H]12. The van der Waals surface area contributed by atoms with E-state index in [2.05, 4.69) is 30.4 Å². The van der Waals surface area contributed by atoms with Gasteiger partial charge in [-0.05, 0) is 125 Å². The van der Waals surface area contributed by atoms with Gasteiger partial charge in [0, 0.05) is 31.2 Å². The van der Waals surface area contributed by atoms with E-state index in [1.807, 2.05) is 20.8 Å². The van der Waals surface area contributed by atoms with E-state index >= 15 is 0 Å². The summed E-state index contributed by atoms with van der Waals surface area (Å²) in [5, 5.41) is 3.95. The number of ether oxygens (including phenoxy) is 2. The van der Waals surface area contributed by atoms with Gasteiger partial charge in [-0.1, -0.05) is 25.8 Å². The molecule has 8 heteroatoms. The number of hydrogen-bond donors (Lipinski definition) is 2. The van der Waals surface area contributed by atoms with Crippen molar-refractivity contribution in [2.45, 2.75) is 122 Å². The Morgan fingerprint density at radius 1 is 1.07 bits per heavy atom. The molecule has 5 rings (SSSR count). The highest BCUT2D eigenvalue weighted by molar-refractivity contribution is 6.12. The second kappa shape index (κ2) is 13.7. The molecule has 1 unspecified atom stereocenters. The first-order valence-corrected chi connectivity index (χ1v) is 17.0. The summed E-state index contributed by atoms with van der Waals surface area (Å²) in [5.74, 6) is 2.27. The van der Waals surface area contributed by atoms with Crippen LogP contribution >= 0.6 is 0 Å². The number of esters is 1. The first-order valence-electron chi connectivity index (χ1n) is 17.0. The van der Waals surface area contributed by atoms with E-state index in [-0.39, 0.29) is 17.8 Å². The molecule has 1 aromatic carbocycles. The number of unbranched alkanes of at least 4 members (excludes halogenated alkanes) is 3. The van der Waals surface area contributed by atoms with Crippen molar-refractivity contribution in [2.24, 2.45) is 23.0 Å². The highest BCUT2D eigenvalue weighted by Gasteiger charge is 2.54. The molecule has 6 atom stereocenters. The first kappa shape index (κ1) is 32.7. The lowest BCUT2D eigenvalue weighted by molar-refractivity contribution is -0.156. The highest BCUT2D eigenvalue weighted by Crippen LogP contribution is 2.61. The van der Waals surface area contributed by atoms with E-state index in [0.29, 0.717) is 36.9 Å². The van der Waals surface area contributed by atoms with Gasteiger partial charge in [0.15, 0.2) is 0 Å².